The molecule has 8 nitrogen and oxygen atoms in total. The summed E-state index contributed by atoms with van der Waals surface area (Å²) in [5.74, 6) is 1.21. The Bertz CT molecular complexity index is 1040. The Morgan fingerprint density at radius 2 is 1.80 bits per heavy atom. The van der Waals surface area contributed by atoms with Crippen LogP contribution in [-0.4, -0.2) is 47.2 Å². The second-order valence-electron chi connectivity index (χ2n) is 6.84. The summed E-state index contributed by atoms with van der Waals surface area (Å²) >= 11 is 3.32. The molecule has 3 aromatic rings. The largest absolute Gasteiger partial charge is 0.378 e. The highest BCUT2D eigenvalue weighted by molar-refractivity contribution is 9.10. The van der Waals surface area contributed by atoms with Crippen molar-refractivity contribution in [1.29, 1.82) is 0 Å². The van der Waals surface area contributed by atoms with E-state index in [0.717, 1.165) is 34.8 Å². The molecule has 1 aliphatic rings. The molecule has 154 valence electrons. The van der Waals surface area contributed by atoms with E-state index in [-0.39, 0.29) is 5.91 Å². The Morgan fingerprint density at radius 3 is 2.53 bits per heavy atom. The number of hydrogen-bond acceptors (Lipinski definition) is 7. The van der Waals surface area contributed by atoms with Crippen LogP contribution in [-0.2, 0) is 4.74 Å². The van der Waals surface area contributed by atoms with Crippen molar-refractivity contribution in [3.63, 3.8) is 0 Å². The highest BCUT2D eigenvalue weighted by Crippen LogP contribution is 2.21. The first-order chi connectivity index (χ1) is 14.6. The summed E-state index contributed by atoms with van der Waals surface area (Å²) in [4.78, 5) is 27.7. The number of halogens is 1. The Morgan fingerprint density at radius 1 is 1.07 bits per heavy atom. The summed E-state index contributed by atoms with van der Waals surface area (Å²) < 4.78 is 6.16. The minimum atomic E-state index is -0.217. The molecule has 2 aromatic heterocycles. The molecule has 30 heavy (non-hydrogen) atoms. The zero-order chi connectivity index (χ0) is 20.9. The molecule has 3 heterocycles. The van der Waals surface area contributed by atoms with Crippen LogP contribution >= 0.6 is 15.9 Å². The zero-order valence-electron chi connectivity index (χ0n) is 16.4. The molecule has 1 aromatic carbocycles. The number of aryl methyl sites for hydroxylation is 1. The molecule has 1 fully saturated rings. The molecule has 0 saturated carbocycles. The first kappa shape index (κ1) is 20.2. The topological polar surface area (TPSA) is 92.3 Å². The molecule has 1 aliphatic heterocycles. The van der Waals surface area contributed by atoms with Crippen LogP contribution in [0.15, 0.2) is 53.3 Å². The maximum Gasteiger partial charge on any atom is 0.257 e. The number of benzene rings is 1. The first-order valence-electron chi connectivity index (χ1n) is 9.54. The molecule has 0 atom stereocenters. The fourth-order valence-corrected chi connectivity index (χ4v) is 3.41. The highest BCUT2D eigenvalue weighted by atomic mass is 79.9. The number of anilines is 4. The van der Waals surface area contributed by atoms with Crippen LogP contribution in [0, 0.1) is 6.92 Å². The second-order valence-corrected chi connectivity index (χ2v) is 7.76. The lowest BCUT2D eigenvalue weighted by molar-refractivity contribution is 0.102. The van der Waals surface area contributed by atoms with Gasteiger partial charge in [0.25, 0.3) is 5.91 Å². The summed E-state index contributed by atoms with van der Waals surface area (Å²) in [7, 11) is 0. The molecule has 0 radical (unpaired) electrons. The summed E-state index contributed by atoms with van der Waals surface area (Å²) in [5.41, 5.74) is 2.93. The van der Waals surface area contributed by atoms with Gasteiger partial charge in [-0.25, -0.2) is 4.98 Å². The van der Waals surface area contributed by atoms with Crippen molar-refractivity contribution < 1.29 is 9.53 Å². The SMILES string of the molecule is Cc1cc(Nc2ccc(NC(=O)c3cncc(Br)c3)cc2)nc(N2CCOCC2)n1. The number of aromatic nitrogens is 3. The van der Waals surface area contributed by atoms with Crippen LogP contribution in [0.3, 0.4) is 0 Å². The predicted molar refractivity (Wildman–Crippen MR) is 119 cm³/mol. The Hall–Kier alpha value is -3.04. The third-order valence-electron chi connectivity index (χ3n) is 4.52. The van der Waals surface area contributed by atoms with Crippen molar-refractivity contribution in [2.75, 3.05) is 41.8 Å². The summed E-state index contributed by atoms with van der Waals surface area (Å²) in [5, 5.41) is 6.17. The van der Waals surface area contributed by atoms with Crippen molar-refractivity contribution in [1.82, 2.24) is 15.0 Å². The first-order valence-corrected chi connectivity index (χ1v) is 10.3. The number of carbonyl (C=O) groups excluding carboxylic acids is 1. The molecule has 0 unspecified atom stereocenters. The van der Waals surface area contributed by atoms with Crippen molar-refractivity contribution >= 4 is 45.0 Å². The summed E-state index contributed by atoms with van der Waals surface area (Å²) in [6.07, 6.45) is 3.16. The van der Waals surface area contributed by atoms with Gasteiger partial charge in [0, 0.05) is 53.1 Å². The predicted octanol–water partition coefficient (Wildman–Crippen LogP) is 3.78. The van der Waals surface area contributed by atoms with Gasteiger partial charge in [-0.3, -0.25) is 9.78 Å². The average molecular weight is 469 g/mol. The van der Waals surface area contributed by atoms with Crippen molar-refractivity contribution in [3.05, 3.63) is 64.5 Å². The number of ether oxygens (including phenoxy) is 1. The minimum absolute atomic E-state index is 0.217. The smallest absolute Gasteiger partial charge is 0.257 e. The van der Waals surface area contributed by atoms with E-state index in [1.807, 2.05) is 37.3 Å². The van der Waals surface area contributed by atoms with Gasteiger partial charge in [-0.05, 0) is 53.2 Å². The van der Waals surface area contributed by atoms with Crippen LogP contribution in [0.1, 0.15) is 16.1 Å². The Kier molecular flexibility index (Phi) is 6.20. The minimum Gasteiger partial charge on any atom is -0.378 e. The number of nitrogens with one attached hydrogen (secondary N) is 2. The van der Waals surface area contributed by atoms with Crippen LogP contribution < -0.4 is 15.5 Å². The summed E-state index contributed by atoms with van der Waals surface area (Å²) in [6, 6.07) is 11.1. The molecule has 4 rings (SSSR count). The number of carbonyl (C=O) groups is 1. The molecular formula is C21H21BrN6O2. The molecule has 2 N–H and O–H groups in total. The van der Waals surface area contributed by atoms with E-state index >= 15 is 0 Å². The number of pyridine rings is 1. The highest BCUT2D eigenvalue weighted by Gasteiger charge is 2.15. The Balaban J connectivity index is 1.43. The second kappa shape index (κ2) is 9.19. The fraction of sp³-hybridized carbons (Fsp3) is 0.238. The van der Waals surface area contributed by atoms with Gasteiger partial charge in [0.1, 0.15) is 5.82 Å². The normalized spacial score (nSPS) is 13.7. The lowest BCUT2D eigenvalue weighted by Crippen LogP contribution is -2.37. The number of nitrogens with zero attached hydrogens (tertiary/aromatic N) is 4. The van der Waals surface area contributed by atoms with Gasteiger partial charge in [-0.15, -0.1) is 0 Å². The van der Waals surface area contributed by atoms with E-state index in [0.29, 0.717) is 30.4 Å². The molecule has 0 aliphatic carbocycles. The van der Waals surface area contributed by atoms with Gasteiger partial charge in [-0.2, -0.15) is 4.98 Å². The maximum atomic E-state index is 12.3. The van der Waals surface area contributed by atoms with Crippen LogP contribution in [0.4, 0.5) is 23.1 Å². The average Bonchev–Trinajstić information content (AvgIpc) is 2.75. The van der Waals surface area contributed by atoms with E-state index in [4.69, 9.17) is 4.74 Å². The number of rotatable bonds is 5. The number of amides is 1. The van der Waals surface area contributed by atoms with Gasteiger partial charge < -0.3 is 20.3 Å². The Labute approximate surface area is 182 Å². The third kappa shape index (κ3) is 5.11. The molecule has 1 amide bonds. The van der Waals surface area contributed by atoms with E-state index in [1.165, 1.54) is 6.20 Å². The lowest BCUT2D eigenvalue weighted by Gasteiger charge is -2.27. The number of hydrogen-bond donors (Lipinski definition) is 2. The fourth-order valence-electron chi connectivity index (χ4n) is 3.05. The van der Waals surface area contributed by atoms with E-state index in [1.54, 1.807) is 12.3 Å². The molecular weight excluding hydrogens is 448 g/mol. The van der Waals surface area contributed by atoms with Crippen molar-refractivity contribution in [2.24, 2.45) is 0 Å². The van der Waals surface area contributed by atoms with Gasteiger partial charge in [0.2, 0.25) is 5.95 Å². The van der Waals surface area contributed by atoms with Gasteiger partial charge >= 0.3 is 0 Å². The third-order valence-corrected chi connectivity index (χ3v) is 4.95. The lowest BCUT2D eigenvalue weighted by atomic mass is 10.2. The molecule has 0 spiro atoms. The maximum absolute atomic E-state index is 12.3. The van der Waals surface area contributed by atoms with Gasteiger partial charge in [0.05, 0.1) is 18.8 Å². The molecule has 9 heteroatoms. The van der Waals surface area contributed by atoms with Gasteiger partial charge in [-0.1, -0.05) is 0 Å². The van der Waals surface area contributed by atoms with Crippen LogP contribution in [0.25, 0.3) is 0 Å². The monoisotopic (exact) mass is 468 g/mol. The van der Waals surface area contributed by atoms with Crippen LogP contribution in [0.5, 0.6) is 0 Å². The standard InChI is InChI=1S/C21H21BrN6O2/c1-14-10-19(27-21(24-14)28-6-8-30-9-7-28)25-17-2-4-18(5-3-17)26-20(29)15-11-16(22)13-23-12-15/h2-5,10-13H,6-9H2,1H3,(H,26,29)(H,24,25,27). The molecule has 1 saturated heterocycles. The zero-order valence-corrected chi connectivity index (χ0v) is 18.0. The molecule has 0 bridgehead atoms. The van der Waals surface area contributed by atoms with E-state index in [9.17, 15) is 4.79 Å². The van der Waals surface area contributed by atoms with Crippen molar-refractivity contribution in [3.8, 4) is 0 Å². The summed E-state index contributed by atoms with van der Waals surface area (Å²) in [6.45, 7) is 4.88. The van der Waals surface area contributed by atoms with E-state index < -0.39 is 0 Å². The van der Waals surface area contributed by atoms with E-state index in [2.05, 4.69) is 46.4 Å². The van der Waals surface area contributed by atoms with Crippen molar-refractivity contribution in [2.45, 2.75) is 6.92 Å². The van der Waals surface area contributed by atoms with Gasteiger partial charge in [0.15, 0.2) is 0 Å². The van der Waals surface area contributed by atoms with Crippen LogP contribution in [0.2, 0.25) is 0 Å². The quantitative estimate of drug-likeness (QED) is 0.588. The number of morpholine rings is 1.